The van der Waals surface area contributed by atoms with Crippen LogP contribution in [0.25, 0.3) is 10.4 Å². The summed E-state index contributed by atoms with van der Waals surface area (Å²) in [5, 5.41) is 35.0. The minimum Gasteiger partial charge on any atom is -0.391 e. The van der Waals surface area contributed by atoms with Gasteiger partial charge in [0.1, 0.15) is 23.3 Å². The first kappa shape index (κ1) is 57.6. The molecule has 5 amide bonds. The van der Waals surface area contributed by atoms with E-state index in [-0.39, 0.29) is 43.2 Å². The number of β-amino-alcohol motifs (C(OH)–C–C–N with tert-alkyl or cyclic N) is 1. The predicted octanol–water partition coefficient (Wildman–Crippen LogP) is 8.03. The first-order valence-electron chi connectivity index (χ1n) is 24.9. The van der Waals surface area contributed by atoms with E-state index in [4.69, 9.17) is 4.84 Å². The molecule has 1 aromatic heterocycles. The maximum absolute atomic E-state index is 14.7. The number of hydroxylamine groups is 1. The Balaban J connectivity index is 0.901. The molecular weight excluding hydrogens is 1090 g/mol. The van der Waals surface area contributed by atoms with Crippen LogP contribution in [0.4, 0.5) is 24.5 Å². The Morgan fingerprint density at radius 2 is 1.62 bits per heavy atom. The molecule has 0 bridgehead atoms. The fraction of sp³-hybridized carbons (Fsp3) is 0.491. The van der Waals surface area contributed by atoms with Crippen molar-refractivity contribution in [2.24, 2.45) is 10.8 Å². The van der Waals surface area contributed by atoms with Gasteiger partial charge in [-0.1, -0.05) is 70.7 Å². The minimum absolute atomic E-state index is 0.0312. The SMILES string of the molecule is Cc1ncsc1-c1ccc([C@H](CC(=O)NCCCCCCCCNCCCONC(=O)c2ccc(F)c(F)c2Nc2ccc(I)cc2F)NC(=O)[C@@H]2C[C@@H](O)CN2C(=O)[C@@H](NC(=O)C2(C#N)CC2)C(C)(C)C)cc1. The number of carbonyl (C=O) groups is 5. The van der Waals surface area contributed by atoms with Crippen molar-refractivity contribution in [1.82, 2.24) is 36.6 Å². The van der Waals surface area contributed by atoms with Gasteiger partial charge in [0, 0.05) is 23.1 Å². The summed E-state index contributed by atoms with van der Waals surface area (Å²) in [6.07, 6.45) is 5.86. The zero-order chi connectivity index (χ0) is 53.6. The topological polar surface area (TPSA) is 227 Å². The zero-order valence-corrected chi connectivity index (χ0v) is 45.0. The van der Waals surface area contributed by atoms with Crippen LogP contribution in [0.2, 0.25) is 0 Å². The zero-order valence-electron chi connectivity index (χ0n) is 42.1. The third-order valence-corrected chi connectivity index (χ3v) is 14.7. The van der Waals surface area contributed by atoms with Crippen LogP contribution >= 0.6 is 33.9 Å². The Kier molecular flexibility index (Phi) is 20.8. The maximum Gasteiger partial charge on any atom is 0.277 e. The van der Waals surface area contributed by atoms with E-state index >= 15 is 0 Å². The van der Waals surface area contributed by atoms with E-state index < -0.39 is 81.8 Å². The Bertz CT molecular complexity index is 2660. The number of hydrogen-bond acceptors (Lipinski definition) is 12. The van der Waals surface area contributed by atoms with Gasteiger partial charge >= 0.3 is 0 Å². The number of hydrogen-bond donors (Lipinski definition) is 7. The Morgan fingerprint density at radius 3 is 2.27 bits per heavy atom. The van der Waals surface area contributed by atoms with Crippen LogP contribution in [0.15, 0.2) is 60.1 Å². The molecule has 7 N–H and O–H groups in total. The Hall–Kier alpha value is -5.67. The molecule has 16 nitrogen and oxygen atoms in total. The normalized spacial score (nSPS) is 16.7. The molecule has 6 rings (SSSR count). The third kappa shape index (κ3) is 15.7. The van der Waals surface area contributed by atoms with E-state index in [0.29, 0.717) is 41.5 Å². The van der Waals surface area contributed by atoms with Gasteiger partial charge < -0.3 is 36.6 Å². The smallest absolute Gasteiger partial charge is 0.277 e. The summed E-state index contributed by atoms with van der Waals surface area (Å²) in [5.74, 6) is -5.91. The number of likely N-dealkylation sites (tertiary alicyclic amines) is 1. The van der Waals surface area contributed by atoms with Gasteiger partial charge in [0.2, 0.25) is 23.6 Å². The van der Waals surface area contributed by atoms with E-state index in [1.165, 1.54) is 28.4 Å². The summed E-state index contributed by atoms with van der Waals surface area (Å²) in [4.78, 5) is 79.7. The number of aliphatic hydroxyl groups is 1. The molecule has 3 aromatic carbocycles. The van der Waals surface area contributed by atoms with Crippen molar-refractivity contribution >= 4 is 74.8 Å². The van der Waals surface area contributed by atoms with E-state index in [0.717, 1.165) is 73.3 Å². The van der Waals surface area contributed by atoms with Crippen LogP contribution in [-0.2, 0) is 24.0 Å². The molecule has 2 aliphatic rings. The second kappa shape index (κ2) is 26.7. The van der Waals surface area contributed by atoms with Gasteiger partial charge in [-0.3, -0.25) is 28.8 Å². The number of nitriles is 1. The lowest BCUT2D eigenvalue weighted by Crippen LogP contribution is -2.58. The summed E-state index contributed by atoms with van der Waals surface area (Å²) < 4.78 is 43.8. The number of benzene rings is 3. The monoisotopic (exact) mass is 1160 g/mol. The van der Waals surface area contributed by atoms with Crippen LogP contribution in [0.3, 0.4) is 0 Å². The fourth-order valence-corrected chi connectivity index (χ4v) is 9.86. The van der Waals surface area contributed by atoms with E-state index in [9.17, 15) is 47.5 Å². The molecule has 398 valence electrons. The number of amides is 5. The standard InChI is InChI=1S/C53H65F3IN9O7S/c1-32-46(74-31-61-32)34-14-12-33(13-15-34)41(63-49(70)42-27-36(67)29-66(42)50(71)47(52(2,3)4)64-51(72)53(30-58)20-21-53)28-43(68)60-24-10-8-6-5-7-9-22-59-23-11-25-73-65-48(69)37-17-18-38(54)44(56)45(37)62-40-19-16-35(57)26-39(40)55/h12-19,26,31,36,41-42,47,59,62,67H,5-11,20-25,27-29H2,1-4H3,(H,60,68)(H,63,70)(H,64,72)(H,65,69)/t36-,41+,42+,47-/m1/s1. The van der Waals surface area contributed by atoms with Gasteiger partial charge in [-0.25, -0.2) is 23.6 Å². The predicted molar refractivity (Wildman–Crippen MR) is 283 cm³/mol. The maximum atomic E-state index is 14.7. The van der Waals surface area contributed by atoms with Gasteiger partial charge in [0.05, 0.1) is 64.3 Å². The number of unbranched alkanes of at least 4 members (excludes halogenated alkanes) is 5. The number of nitrogens with zero attached hydrogens (tertiary/aromatic N) is 3. The first-order chi connectivity index (χ1) is 35.3. The molecule has 4 atom stereocenters. The molecule has 0 spiro atoms. The number of aliphatic hydroxyl groups excluding tert-OH is 1. The van der Waals surface area contributed by atoms with Crippen LogP contribution < -0.4 is 32.1 Å². The molecular formula is C53H65F3IN9O7S. The van der Waals surface area contributed by atoms with Gasteiger partial charge in [-0.15, -0.1) is 11.3 Å². The quantitative estimate of drug-likeness (QED) is 0.0181. The van der Waals surface area contributed by atoms with E-state index in [1.54, 1.807) is 32.3 Å². The van der Waals surface area contributed by atoms with Crippen LogP contribution in [0, 0.1) is 50.1 Å². The largest absolute Gasteiger partial charge is 0.391 e. The highest BCUT2D eigenvalue weighted by Crippen LogP contribution is 2.45. The van der Waals surface area contributed by atoms with Crippen molar-refractivity contribution in [2.45, 2.75) is 123 Å². The van der Waals surface area contributed by atoms with E-state index in [2.05, 4.69) is 43.1 Å². The molecule has 4 aromatic rings. The molecule has 21 heteroatoms. The molecule has 1 saturated carbocycles. The lowest BCUT2D eigenvalue weighted by atomic mass is 9.85. The number of nitrogens with one attached hydrogen (secondary N) is 6. The van der Waals surface area contributed by atoms with Gasteiger partial charge in [0.25, 0.3) is 5.91 Å². The van der Waals surface area contributed by atoms with Crippen molar-refractivity contribution in [2.75, 3.05) is 38.1 Å². The Labute approximate surface area is 447 Å². The van der Waals surface area contributed by atoms with Crippen LogP contribution in [0.1, 0.15) is 119 Å². The third-order valence-electron chi connectivity index (χ3n) is 13.1. The Morgan fingerprint density at radius 1 is 0.932 bits per heavy atom. The molecule has 1 aliphatic heterocycles. The van der Waals surface area contributed by atoms with Crippen molar-refractivity contribution in [3.8, 4) is 16.5 Å². The summed E-state index contributed by atoms with van der Waals surface area (Å²) in [6, 6.07) is 12.8. The van der Waals surface area contributed by atoms with Gasteiger partial charge in [-0.2, -0.15) is 5.26 Å². The molecule has 2 fully saturated rings. The van der Waals surface area contributed by atoms with E-state index in [1.807, 2.05) is 53.8 Å². The van der Waals surface area contributed by atoms with Crippen LogP contribution in [-0.4, -0.2) is 95.5 Å². The second-order valence-electron chi connectivity index (χ2n) is 19.9. The molecule has 2 heterocycles. The minimum atomic E-state index is -1.33. The molecule has 1 saturated heterocycles. The number of thiazole rings is 1. The van der Waals surface area contributed by atoms with Crippen molar-refractivity contribution < 1.29 is 47.1 Å². The lowest BCUT2D eigenvalue weighted by Gasteiger charge is -2.36. The van der Waals surface area contributed by atoms with Crippen molar-refractivity contribution in [3.63, 3.8) is 0 Å². The highest BCUT2D eigenvalue weighted by molar-refractivity contribution is 14.1. The van der Waals surface area contributed by atoms with Gasteiger partial charge in [-0.05, 0) is 122 Å². The molecule has 0 unspecified atom stereocenters. The summed E-state index contributed by atoms with van der Waals surface area (Å²) >= 11 is 3.43. The number of rotatable bonds is 26. The average molecular weight is 1160 g/mol. The van der Waals surface area contributed by atoms with Crippen molar-refractivity contribution in [1.29, 1.82) is 5.26 Å². The second-order valence-corrected chi connectivity index (χ2v) is 22.0. The highest BCUT2D eigenvalue weighted by atomic mass is 127. The van der Waals surface area contributed by atoms with Crippen LogP contribution in [0.5, 0.6) is 0 Å². The first-order valence-corrected chi connectivity index (χ1v) is 26.9. The summed E-state index contributed by atoms with van der Waals surface area (Å²) in [5.41, 5.74) is 3.67. The number of anilines is 2. The number of halogens is 4. The lowest BCUT2D eigenvalue weighted by molar-refractivity contribution is -0.144. The number of carbonyl (C=O) groups excluding carboxylic acids is 5. The summed E-state index contributed by atoms with van der Waals surface area (Å²) in [7, 11) is 0. The summed E-state index contributed by atoms with van der Waals surface area (Å²) in [6.45, 7) is 9.16. The number of aromatic nitrogens is 1. The fourth-order valence-electron chi connectivity index (χ4n) is 8.59. The average Bonchev–Trinajstić information content (AvgIpc) is 3.90. The van der Waals surface area contributed by atoms with Gasteiger partial charge in [0.15, 0.2) is 11.6 Å². The number of aryl methyl sites for hydroxylation is 1. The molecule has 74 heavy (non-hydrogen) atoms. The molecule has 0 radical (unpaired) electrons. The molecule has 1 aliphatic carbocycles. The van der Waals surface area contributed by atoms with Crippen molar-refractivity contribution in [3.05, 3.63) is 98.0 Å². The highest BCUT2D eigenvalue weighted by Gasteiger charge is 2.53.